The average molecular weight is 287 g/mol. The van der Waals surface area contributed by atoms with E-state index in [0.717, 1.165) is 5.56 Å². The second kappa shape index (κ2) is 5.51. The van der Waals surface area contributed by atoms with Crippen molar-refractivity contribution in [3.63, 3.8) is 0 Å². The van der Waals surface area contributed by atoms with Crippen molar-refractivity contribution in [2.24, 2.45) is 10.9 Å². The summed E-state index contributed by atoms with van der Waals surface area (Å²) >= 11 is 0. The van der Waals surface area contributed by atoms with E-state index in [1.54, 1.807) is 0 Å². The van der Waals surface area contributed by atoms with Gasteiger partial charge in [0.25, 0.3) is 5.91 Å². The predicted octanol–water partition coefficient (Wildman–Crippen LogP) is 2.80. The Morgan fingerprint density at radius 1 is 1.24 bits per heavy atom. The van der Waals surface area contributed by atoms with Gasteiger partial charge in [-0.25, -0.2) is 4.99 Å². The molecule has 0 fully saturated rings. The molecule has 2 rings (SSSR count). The Kier molecular flexibility index (Phi) is 4.08. The zero-order valence-corrected chi connectivity index (χ0v) is 13.5. The molecule has 1 heterocycles. The van der Waals surface area contributed by atoms with Crippen molar-refractivity contribution in [2.45, 2.75) is 52.1 Å². The summed E-state index contributed by atoms with van der Waals surface area (Å²) in [4.78, 5) is 17.4. The highest BCUT2D eigenvalue weighted by Gasteiger charge is 2.45. The van der Waals surface area contributed by atoms with Crippen molar-refractivity contribution >= 4 is 11.9 Å². The van der Waals surface area contributed by atoms with E-state index in [4.69, 9.17) is 4.99 Å². The second-order valence-electron chi connectivity index (χ2n) is 7.11. The van der Waals surface area contributed by atoms with E-state index in [1.165, 1.54) is 0 Å². The molecule has 1 aromatic carbocycles. The van der Waals surface area contributed by atoms with Gasteiger partial charge in [0.1, 0.15) is 0 Å². The van der Waals surface area contributed by atoms with Crippen molar-refractivity contribution in [3.8, 4) is 0 Å². The summed E-state index contributed by atoms with van der Waals surface area (Å²) in [5.74, 6) is 0.889. The number of nitrogens with zero attached hydrogens (tertiary/aromatic N) is 1. The van der Waals surface area contributed by atoms with Gasteiger partial charge in [-0.1, -0.05) is 44.2 Å². The fourth-order valence-electron chi connectivity index (χ4n) is 2.65. The largest absolute Gasteiger partial charge is 0.351 e. The van der Waals surface area contributed by atoms with Gasteiger partial charge >= 0.3 is 0 Å². The molecule has 114 valence electrons. The zero-order valence-electron chi connectivity index (χ0n) is 13.5. The van der Waals surface area contributed by atoms with Crippen LogP contribution in [0.1, 0.15) is 46.6 Å². The highest BCUT2D eigenvalue weighted by Crippen LogP contribution is 2.35. The fraction of sp³-hybridized carbons (Fsp3) is 0.529. The van der Waals surface area contributed by atoms with Crippen molar-refractivity contribution < 1.29 is 4.79 Å². The molecular weight excluding hydrogens is 262 g/mol. The van der Waals surface area contributed by atoms with Gasteiger partial charge in [0.2, 0.25) is 0 Å². The summed E-state index contributed by atoms with van der Waals surface area (Å²) < 4.78 is 0. The molecule has 0 aromatic heterocycles. The molecule has 4 heteroatoms. The molecule has 1 aromatic rings. The van der Waals surface area contributed by atoms with E-state index in [2.05, 4.69) is 24.5 Å². The Hall–Kier alpha value is -1.84. The Balaban J connectivity index is 2.43. The lowest BCUT2D eigenvalue weighted by Gasteiger charge is -2.25. The number of rotatable bonds is 3. The van der Waals surface area contributed by atoms with Gasteiger partial charge in [-0.2, -0.15) is 0 Å². The van der Waals surface area contributed by atoms with Crippen LogP contribution < -0.4 is 10.6 Å². The number of nitrogens with one attached hydrogen (secondary N) is 2. The standard InChI is InChI=1S/C17H25N3O/c1-12(2)11-17(13-9-7-6-8-10-13)14(21)18-15(20-17)19-16(3,4)5/h6-10,12H,11H2,1-5H3,(H2,18,19,20,21). The predicted molar refractivity (Wildman–Crippen MR) is 86.0 cm³/mol. The maximum absolute atomic E-state index is 12.7. The first-order chi connectivity index (χ1) is 9.73. The molecule has 0 bridgehead atoms. The molecule has 0 radical (unpaired) electrons. The smallest absolute Gasteiger partial charge is 0.259 e. The molecule has 21 heavy (non-hydrogen) atoms. The van der Waals surface area contributed by atoms with Gasteiger partial charge in [0.05, 0.1) is 0 Å². The minimum atomic E-state index is -0.816. The Bertz CT molecular complexity index is 543. The number of carbonyl (C=O) groups is 1. The lowest BCUT2D eigenvalue weighted by Crippen LogP contribution is -2.47. The van der Waals surface area contributed by atoms with Crippen LogP contribution in [0.15, 0.2) is 35.3 Å². The SMILES string of the molecule is CC(C)CC1(c2ccccc2)N=C(NC(C)(C)C)NC1=O. The topological polar surface area (TPSA) is 53.5 Å². The number of aliphatic imine (C=N–C) groups is 1. The number of hydrogen-bond donors (Lipinski definition) is 2. The molecule has 0 saturated heterocycles. The number of hydrogen-bond acceptors (Lipinski definition) is 3. The maximum atomic E-state index is 12.7. The highest BCUT2D eigenvalue weighted by atomic mass is 16.2. The first-order valence-electron chi connectivity index (χ1n) is 7.48. The molecule has 1 aliphatic heterocycles. The average Bonchev–Trinajstić information content (AvgIpc) is 2.64. The summed E-state index contributed by atoms with van der Waals surface area (Å²) in [5.41, 5.74) is -0.0124. The molecule has 1 unspecified atom stereocenters. The maximum Gasteiger partial charge on any atom is 0.259 e. The molecule has 1 atom stereocenters. The van der Waals surface area contributed by atoms with Crippen LogP contribution in [0.2, 0.25) is 0 Å². The summed E-state index contributed by atoms with van der Waals surface area (Å²) in [6.45, 7) is 10.4. The van der Waals surface area contributed by atoms with Gasteiger partial charge in [0, 0.05) is 5.54 Å². The van der Waals surface area contributed by atoms with Crippen molar-refractivity contribution in [1.29, 1.82) is 0 Å². The van der Waals surface area contributed by atoms with Gasteiger partial charge in [0.15, 0.2) is 11.5 Å². The Morgan fingerprint density at radius 3 is 2.38 bits per heavy atom. The molecule has 0 saturated carbocycles. The quantitative estimate of drug-likeness (QED) is 0.898. The molecule has 1 aliphatic rings. The Morgan fingerprint density at radius 2 is 1.86 bits per heavy atom. The lowest BCUT2D eigenvalue weighted by atomic mass is 9.83. The fourth-order valence-corrected chi connectivity index (χ4v) is 2.65. The third kappa shape index (κ3) is 3.43. The molecule has 2 N–H and O–H groups in total. The van der Waals surface area contributed by atoms with E-state index in [1.807, 2.05) is 51.1 Å². The molecule has 1 amide bonds. The molecule has 0 spiro atoms. The molecular formula is C17H25N3O. The highest BCUT2D eigenvalue weighted by molar-refractivity contribution is 6.07. The first kappa shape index (κ1) is 15.5. The van der Waals surface area contributed by atoms with Gasteiger partial charge in [-0.15, -0.1) is 0 Å². The summed E-state index contributed by atoms with van der Waals surface area (Å²) in [6, 6.07) is 9.82. The van der Waals surface area contributed by atoms with E-state index in [0.29, 0.717) is 18.3 Å². The number of carbonyl (C=O) groups excluding carboxylic acids is 1. The number of guanidine groups is 1. The monoisotopic (exact) mass is 287 g/mol. The van der Waals surface area contributed by atoms with Gasteiger partial charge in [-0.3, -0.25) is 10.1 Å². The van der Waals surface area contributed by atoms with Crippen molar-refractivity contribution in [2.75, 3.05) is 0 Å². The zero-order chi connectivity index (χ0) is 15.7. The van der Waals surface area contributed by atoms with Crippen LogP contribution in [0.5, 0.6) is 0 Å². The lowest BCUT2D eigenvalue weighted by molar-refractivity contribution is -0.124. The van der Waals surface area contributed by atoms with E-state index < -0.39 is 5.54 Å². The Labute approximate surface area is 127 Å². The van der Waals surface area contributed by atoms with Crippen LogP contribution in [-0.4, -0.2) is 17.4 Å². The van der Waals surface area contributed by atoms with Gasteiger partial charge < -0.3 is 5.32 Å². The number of benzene rings is 1. The van der Waals surface area contributed by atoms with E-state index in [9.17, 15) is 4.79 Å². The van der Waals surface area contributed by atoms with Crippen LogP contribution in [0.4, 0.5) is 0 Å². The van der Waals surface area contributed by atoms with Crippen LogP contribution in [0.25, 0.3) is 0 Å². The first-order valence-corrected chi connectivity index (χ1v) is 7.48. The van der Waals surface area contributed by atoms with E-state index in [-0.39, 0.29) is 11.4 Å². The third-order valence-corrected chi connectivity index (χ3v) is 3.36. The second-order valence-corrected chi connectivity index (χ2v) is 7.11. The third-order valence-electron chi connectivity index (χ3n) is 3.36. The normalized spacial score (nSPS) is 22.2. The molecule has 0 aliphatic carbocycles. The van der Waals surface area contributed by atoms with Crippen LogP contribution in [0.3, 0.4) is 0 Å². The van der Waals surface area contributed by atoms with Crippen molar-refractivity contribution in [3.05, 3.63) is 35.9 Å². The van der Waals surface area contributed by atoms with Crippen LogP contribution >= 0.6 is 0 Å². The van der Waals surface area contributed by atoms with Crippen LogP contribution in [0, 0.1) is 5.92 Å². The summed E-state index contributed by atoms with van der Waals surface area (Å²) in [5, 5.41) is 6.17. The summed E-state index contributed by atoms with van der Waals surface area (Å²) in [7, 11) is 0. The van der Waals surface area contributed by atoms with Gasteiger partial charge in [-0.05, 0) is 38.7 Å². The summed E-state index contributed by atoms with van der Waals surface area (Å²) in [6.07, 6.45) is 0.693. The van der Waals surface area contributed by atoms with Crippen molar-refractivity contribution in [1.82, 2.24) is 10.6 Å². The molecule has 4 nitrogen and oxygen atoms in total. The number of amides is 1. The minimum absolute atomic E-state index is 0.0471. The van der Waals surface area contributed by atoms with Crippen LogP contribution in [-0.2, 0) is 10.3 Å². The minimum Gasteiger partial charge on any atom is -0.351 e. The van der Waals surface area contributed by atoms with E-state index >= 15 is 0 Å².